The smallest absolute Gasteiger partial charge is 0.341 e. The number of carbonyl (C=O) groups is 1. The molecule has 0 radical (unpaired) electrons. The van der Waals surface area contributed by atoms with Crippen LogP contribution in [0.4, 0.5) is 5.82 Å². The zero-order valence-corrected chi connectivity index (χ0v) is 18.6. The van der Waals surface area contributed by atoms with Crippen LogP contribution in [0.1, 0.15) is 49.2 Å². The molecule has 4 N–H and O–H groups in total. The molecule has 4 heterocycles. The summed E-state index contributed by atoms with van der Waals surface area (Å²) < 4.78 is 13.6. The molecule has 1 unspecified atom stereocenters. The Morgan fingerprint density at radius 3 is 2.76 bits per heavy atom. The van der Waals surface area contributed by atoms with E-state index in [1.54, 1.807) is 6.92 Å². The van der Waals surface area contributed by atoms with Crippen LogP contribution in [0.5, 0.6) is 0 Å². The van der Waals surface area contributed by atoms with Gasteiger partial charge in [0.2, 0.25) is 0 Å². The third-order valence-electron chi connectivity index (χ3n) is 6.20. The summed E-state index contributed by atoms with van der Waals surface area (Å²) in [6, 6.07) is 0.234. The Morgan fingerprint density at radius 2 is 2.06 bits per heavy atom. The number of aliphatic hydroxyl groups excluding tert-OH is 3. The molecule has 4 atom stereocenters. The predicted molar refractivity (Wildman–Crippen MR) is 117 cm³/mol. The van der Waals surface area contributed by atoms with Crippen LogP contribution in [0.15, 0.2) is 18.7 Å². The van der Waals surface area contributed by atoms with E-state index in [1.165, 1.54) is 28.0 Å². The maximum absolute atomic E-state index is 12.1. The lowest BCUT2D eigenvalue weighted by molar-refractivity contribution is -0.0511. The molecule has 2 aliphatic rings. The molecule has 1 saturated heterocycles. The number of aliphatic hydroxyl groups is 3. The van der Waals surface area contributed by atoms with Gasteiger partial charge in [-0.2, -0.15) is 15.1 Å². The second kappa shape index (κ2) is 9.25. The van der Waals surface area contributed by atoms with E-state index in [9.17, 15) is 20.1 Å². The van der Waals surface area contributed by atoms with Crippen LogP contribution in [-0.4, -0.2) is 88.2 Å². The van der Waals surface area contributed by atoms with Gasteiger partial charge in [0.15, 0.2) is 23.2 Å². The number of rotatable bonds is 7. The predicted octanol–water partition coefficient (Wildman–Crippen LogP) is 0.155. The second-order valence-electron chi connectivity index (χ2n) is 8.44. The number of hydrogen-bond donors (Lipinski definition) is 4. The van der Waals surface area contributed by atoms with E-state index in [1.807, 2.05) is 0 Å². The first kappa shape index (κ1) is 22.7. The molecular formula is C21H27N7O6. The lowest BCUT2D eigenvalue weighted by Crippen LogP contribution is -2.33. The number of nitrogens with one attached hydrogen (secondary N) is 1. The fourth-order valence-corrected chi connectivity index (χ4v) is 4.42. The molecule has 13 heteroatoms. The summed E-state index contributed by atoms with van der Waals surface area (Å²) in [6.07, 6.45) is 4.06. The van der Waals surface area contributed by atoms with Gasteiger partial charge in [0.25, 0.3) is 5.95 Å². The average molecular weight is 473 g/mol. The Labute approximate surface area is 194 Å². The molecular weight excluding hydrogens is 446 g/mol. The third kappa shape index (κ3) is 4.00. The molecule has 1 saturated carbocycles. The third-order valence-corrected chi connectivity index (χ3v) is 6.20. The summed E-state index contributed by atoms with van der Waals surface area (Å²) in [4.78, 5) is 25.7. The summed E-state index contributed by atoms with van der Waals surface area (Å²) in [6.45, 7) is 1.52. The van der Waals surface area contributed by atoms with Gasteiger partial charge in [-0.3, -0.25) is 4.57 Å². The molecule has 1 aliphatic heterocycles. The van der Waals surface area contributed by atoms with Crippen LogP contribution in [0.25, 0.3) is 17.1 Å². The minimum Gasteiger partial charge on any atom is -0.462 e. The minimum atomic E-state index is -1.29. The van der Waals surface area contributed by atoms with Crippen molar-refractivity contribution < 1.29 is 29.6 Å². The van der Waals surface area contributed by atoms with Gasteiger partial charge in [-0.15, -0.1) is 0 Å². The highest BCUT2D eigenvalue weighted by molar-refractivity contribution is 5.89. The van der Waals surface area contributed by atoms with E-state index >= 15 is 0 Å². The quantitative estimate of drug-likeness (QED) is 0.345. The van der Waals surface area contributed by atoms with Gasteiger partial charge in [0, 0.05) is 12.2 Å². The van der Waals surface area contributed by atoms with Crippen molar-refractivity contribution in [3.8, 4) is 5.95 Å². The number of imidazole rings is 1. The van der Waals surface area contributed by atoms with Gasteiger partial charge in [0.05, 0.1) is 31.3 Å². The number of nitrogens with zero attached hydrogens (tertiary/aromatic N) is 6. The molecule has 5 rings (SSSR count). The van der Waals surface area contributed by atoms with Gasteiger partial charge >= 0.3 is 5.97 Å². The topological polar surface area (TPSA) is 170 Å². The number of fused-ring (bicyclic) bond motifs is 1. The zero-order valence-electron chi connectivity index (χ0n) is 18.6. The van der Waals surface area contributed by atoms with Gasteiger partial charge in [0.1, 0.15) is 18.3 Å². The lowest BCUT2D eigenvalue weighted by atomic mass is 10.1. The Bertz CT molecular complexity index is 1170. The van der Waals surface area contributed by atoms with Crippen molar-refractivity contribution in [1.82, 2.24) is 29.3 Å². The largest absolute Gasteiger partial charge is 0.462 e. The number of hydrogen-bond acceptors (Lipinski definition) is 11. The summed E-state index contributed by atoms with van der Waals surface area (Å²) in [5.41, 5.74) is 1.06. The standard InChI is InChI=1S/C21H27N7O6/c1-2-33-20(32)11-7-23-28(8-11)21-25-17(24-12-5-3-4-6-12)14-18(26-21)27(10-22-14)19-16(31)15(30)13(9-29)34-19/h7-8,10,12-13,15-16,19,29-31H,2-6,9H2,1H3,(H,24,25,26)/t13-,15-,16-,19?/m1/s1. The van der Waals surface area contributed by atoms with E-state index in [0.29, 0.717) is 17.0 Å². The minimum absolute atomic E-state index is 0.178. The monoisotopic (exact) mass is 473 g/mol. The zero-order chi connectivity index (χ0) is 23.8. The Morgan fingerprint density at radius 1 is 1.26 bits per heavy atom. The summed E-state index contributed by atoms with van der Waals surface area (Å²) in [7, 11) is 0. The fourth-order valence-electron chi connectivity index (χ4n) is 4.42. The van der Waals surface area contributed by atoms with Crippen LogP contribution < -0.4 is 5.32 Å². The second-order valence-corrected chi connectivity index (χ2v) is 8.44. The lowest BCUT2D eigenvalue weighted by Gasteiger charge is -2.18. The number of ether oxygens (including phenoxy) is 2. The van der Waals surface area contributed by atoms with Crippen molar-refractivity contribution in [2.75, 3.05) is 18.5 Å². The molecule has 13 nitrogen and oxygen atoms in total. The SMILES string of the molecule is CCOC(=O)c1cnn(-c2nc(NC3CCCC3)c3ncn(C4O[C@H](CO)[C@@H](O)[C@H]4O)c3n2)c1. The van der Waals surface area contributed by atoms with Gasteiger partial charge in [-0.1, -0.05) is 12.8 Å². The van der Waals surface area contributed by atoms with Crippen molar-refractivity contribution >= 4 is 23.0 Å². The average Bonchev–Trinajstić information content (AvgIpc) is 3.62. The van der Waals surface area contributed by atoms with E-state index in [0.717, 1.165) is 25.7 Å². The van der Waals surface area contributed by atoms with Gasteiger partial charge in [-0.25, -0.2) is 14.5 Å². The van der Waals surface area contributed by atoms with E-state index in [4.69, 9.17) is 9.47 Å². The van der Waals surface area contributed by atoms with E-state index in [-0.39, 0.29) is 24.2 Å². The normalized spacial score (nSPS) is 25.3. The van der Waals surface area contributed by atoms with Crippen LogP contribution in [0.2, 0.25) is 0 Å². The molecule has 182 valence electrons. The molecule has 2 fully saturated rings. The first-order valence-corrected chi connectivity index (χ1v) is 11.4. The number of carbonyl (C=O) groups excluding carboxylic acids is 1. The summed E-state index contributed by atoms with van der Waals surface area (Å²) in [5, 5.41) is 37.8. The molecule has 3 aromatic rings. The van der Waals surface area contributed by atoms with Crippen molar-refractivity contribution in [2.24, 2.45) is 0 Å². The maximum Gasteiger partial charge on any atom is 0.341 e. The molecule has 0 spiro atoms. The van der Waals surface area contributed by atoms with Crippen LogP contribution >= 0.6 is 0 Å². The van der Waals surface area contributed by atoms with Crippen LogP contribution in [0.3, 0.4) is 0 Å². The van der Waals surface area contributed by atoms with E-state index in [2.05, 4.69) is 25.4 Å². The van der Waals surface area contributed by atoms with Crippen molar-refractivity contribution in [2.45, 2.75) is 63.2 Å². The summed E-state index contributed by atoms with van der Waals surface area (Å²) >= 11 is 0. The first-order valence-electron chi connectivity index (χ1n) is 11.4. The van der Waals surface area contributed by atoms with E-state index < -0.39 is 37.1 Å². The Kier molecular flexibility index (Phi) is 6.16. The maximum atomic E-state index is 12.1. The Balaban J connectivity index is 1.57. The van der Waals surface area contributed by atoms with Gasteiger partial charge < -0.3 is 30.1 Å². The summed E-state index contributed by atoms with van der Waals surface area (Å²) in [5.74, 6) is 0.165. The molecule has 0 aromatic carbocycles. The first-order chi connectivity index (χ1) is 16.5. The fraction of sp³-hybridized carbons (Fsp3) is 0.571. The highest BCUT2D eigenvalue weighted by Gasteiger charge is 2.44. The van der Waals surface area contributed by atoms with Crippen molar-refractivity contribution in [1.29, 1.82) is 0 Å². The Hall–Kier alpha value is -3.13. The molecule has 3 aromatic heterocycles. The number of aromatic nitrogens is 6. The molecule has 1 aliphatic carbocycles. The highest BCUT2D eigenvalue weighted by Crippen LogP contribution is 2.33. The molecule has 34 heavy (non-hydrogen) atoms. The molecule has 0 amide bonds. The molecule has 0 bridgehead atoms. The van der Waals surface area contributed by atoms with Crippen molar-refractivity contribution in [3.63, 3.8) is 0 Å². The van der Waals surface area contributed by atoms with Gasteiger partial charge in [-0.05, 0) is 19.8 Å². The van der Waals surface area contributed by atoms with Crippen LogP contribution in [-0.2, 0) is 9.47 Å². The number of anilines is 1. The van der Waals surface area contributed by atoms with Crippen LogP contribution in [0, 0.1) is 0 Å². The van der Waals surface area contributed by atoms with Crippen molar-refractivity contribution in [3.05, 3.63) is 24.3 Å². The highest BCUT2D eigenvalue weighted by atomic mass is 16.6. The number of esters is 1.